The molecule has 4 rings (SSSR count). The summed E-state index contributed by atoms with van der Waals surface area (Å²) in [6.07, 6.45) is -5.97. The minimum Gasteiger partial charge on any atom is -0.496 e. The molecule has 2 N–H and O–H groups in total. The van der Waals surface area contributed by atoms with Crippen molar-refractivity contribution in [1.82, 2.24) is 9.88 Å². The number of fused-ring (bicyclic) bond motifs is 1. The maximum Gasteiger partial charge on any atom is 0.417 e. The largest absolute Gasteiger partial charge is 0.496 e. The summed E-state index contributed by atoms with van der Waals surface area (Å²) in [5.74, 6) is -0.365. The summed E-state index contributed by atoms with van der Waals surface area (Å²) >= 11 is 0. The summed E-state index contributed by atoms with van der Waals surface area (Å²) in [4.78, 5) is 15.7. The molecule has 1 aliphatic rings. The lowest BCUT2D eigenvalue weighted by Crippen LogP contribution is -2.51. The summed E-state index contributed by atoms with van der Waals surface area (Å²) in [6, 6.07) is 10.6. The molecule has 2 heterocycles. The molecule has 0 radical (unpaired) electrons. The van der Waals surface area contributed by atoms with Gasteiger partial charge in [0.05, 0.1) is 20.3 Å². The normalized spacial score (nSPS) is 18.6. The second-order valence-corrected chi connectivity index (χ2v) is 10.2. The minimum absolute atomic E-state index is 0.202. The number of alkyl halides is 3. The first-order valence-electron chi connectivity index (χ1n) is 11.9. The van der Waals surface area contributed by atoms with Crippen molar-refractivity contribution in [2.75, 3.05) is 26.8 Å². The molecule has 0 bridgehead atoms. The van der Waals surface area contributed by atoms with Crippen LogP contribution < -0.4 is 4.74 Å². The van der Waals surface area contributed by atoms with Gasteiger partial charge in [-0.3, -0.25) is 4.79 Å². The number of nitrogens with one attached hydrogen (secondary N) is 1. The minimum atomic E-state index is -4.96. The third-order valence-electron chi connectivity index (χ3n) is 6.95. The highest BCUT2D eigenvalue weighted by Gasteiger charge is 2.56. The third kappa shape index (κ3) is 5.60. The highest BCUT2D eigenvalue weighted by Crippen LogP contribution is 2.45. The monoisotopic (exact) mass is 522 g/mol. The van der Waals surface area contributed by atoms with Crippen LogP contribution in [0.2, 0.25) is 0 Å². The summed E-state index contributed by atoms with van der Waals surface area (Å²) in [6.45, 7) is 4.32. The first kappa shape index (κ1) is 26.9. The number of rotatable bonds is 8. The number of benzene rings is 2. The van der Waals surface area contributed by atoms with Gasteiger partial charge in [-0.05, 0) is 53.8 Å². The van der Waals surface area contributed by atoms with Gasteiger partial charge in [0.25, 0.3) is 0 Å². The highest BCUT2D eigenvalue weighted by molar-refractivity contribution is 5.81. The van der Waals surface area contributed by atoms with Crippen molar-refractivity contribution in [2.45, 2.75) is 50.0 Å². The number of ether oxygens (including phenoxy) is 2. The second-order valence-electron chi connectivity index (χ2n) is 10.2. The lowest BCUT2D eigenvalue weighted by Gasteiger charge is -2.38. The fourth-order valence-electron chi connectivity index (χ4n) is 5.09. The van der Waals surface area contributed by atoms with Crippen molar-refractivity contribution >= 4 is 17.3 Å². The van der Waals surface area contributed by atoms with Crippen molar-refractivity contribution < 1.29 is 36.9 Å². The van der Waals surface area contributed by atoms with E-state index in [0.717, 1.165) is 18.0 Å². The zero-order chi connectivity index (χ0) is 27.0. The predicted molar refractivity (Wildman–Crippen MR) is 130 cm³/mol. The molecule has 2 atom stereocenters. The van der Waals surface area contributed by atoms with E-state index in [1.54, 1.807) is 23.1 Å². The van der Waals surface area contributed by atoms with Gasteiger partial charge in [-0.25, -0.2) is 4.39 Å². The number of hydrogen-bond acceptors (Lipinski definition) is 4. The number of carbonyl (C=O) groups excluding carboxylic acids is 1. The zero-order valence-corrected chi connectivity index (χ0v) is 20.9. The van der Waals surface area contributed by atoms with Gasteiger partial charge in [0.15, 0.2) is 5.60 Å². The molecule has 2 aromatic carbocycles. The number of amides is 1. The molecule has 1 aromatic heterocycles. The Morgan fingerprint density at radius 1 is 1.19 bits per heavy atom. The van der Waals surface area contributed by atoms with Crippen LogP contribution in [-0.2, 0) is 21.4 Å². The van der Waals surface area contributed by atoms with Crippen molar-refractivity contribution in [1.29, 1.82) is 0 Å². The Bertz CT molecular complexity index is 1270. The maximum atomic E-state index is 14.3. The molecule has 37 heavy (non-hydrogen) atoms. The smallest absolute Gasteiger partial charge is 0.417 e. The second kappa shape index (κ2) is 9.98. The van der Waals surface area contributed by atoms with E-state index in [0.29, 0.717) is 30.6 Å². The number of methoxy groups -OCH3 is 1. The molecule has 0 saturated carbocycles. The van der Waals surface area contributed by atoms with E-state index < -0.39 is 35.9 Å². The number of morpholine rings is 1. The van der Waals surface area contributed by atoms with Crippen molar-refractivity contribution in [2.24, 2.45) is 0 Å². The van der Waals surface area contributed by atoms with E-state index in [4.69, 9.17) is 9.47 Å². The van der Waals surface area contributed by atoms with E-state index in [1.165, 1.54) is 33.1 Å². The van der Waals surface area contributed by atoms with Crippen LogP contribution in [0.5, 0.6) is 5.75 Å². The molecule has 200 valence electrons. The van der Waals surface area contributed by atoms with Crippen LogP contribution in [0.4, 0.5) is 17.6 Å². The number of aromatic nitrogens is 1. The first-order chi connectivity index (χ1) is 17.3. The molecule has 1 amide bonds. The van der Waals surface area contributed by atoms with Crippen LogP contribution in [0.1, 0.15) is 43.2 Å². The van der Waals surface area contributed by atoms with Gasteiger partial charge in [-0.2, -0.15) is 13.2 Å². The van der Waals surface area contributed by atoms with Gasteiger partial charge >= 0.3 is 6.18 Å². The molecule has 1 aliphatic heterocycles. The molecular formula is C27H30F4N2O4. The molecule has 6 nitrogen and oxygen atoms in total. The Morgan fingerprint density at radius 3 is 2.62 bits per heavy atom. The molecule has 10 heteroatoms. The Labute approximate surface area is 212 Å². The van der Waals surface area contributed by atoms with Crippen LogP contribution in [0.3, 0.4) is 0 Å². The molecule has 1 fully saturated rings. The van der Waals surface area contributed by atoms with Crippen LogP contribution in [-0.4, -0.2) is 60.0 Å². The Hall–Kier alpha value is -3.11. The molecule has 0 spiro atoms. The maximum absolute atomic E-state index is 14.3. The van der Waals surface area contributed by atoms with Gasteiger partial charge in [0.1, 0.15) is 17.7 Å². The van der Waals surface area contributed by atoms with Crippen LogP contribution in [0, 0.1) is 5.82 Å². The fourth-order valence-corrected chi connectivity index (χ4v) is 5.09. The number of H-pyrrole nitrogens is 1. The standard InChI is InChI=1S/C27H30F4N2O4/c1-25(2,21-12-19(28)5-7-23(21)36-3)15-26(35,27(29,30)31)13-20-11-18-10-17(4-6-22(18)32-20)24-14-33(16-34)8-9-37-24/h4-7,10-12,16,24,32,35H,8-9,13-15H2,1-3H3. The van der Waals surface area contributed by atoms with Crippen LogP contribution in [0.15, 0.2) is 42.5 Å². The first-order valence-corrected chi connectivity index (χ1v) is 11.9. The van der Waals surface area contributed by atoms with Crippen LogP contribution in [0.25, 0.3) is 10.9 Å². The Kier molecular flexibility index (Phi) is 7.27. The Morgan fingerprint density at radius 2 is 1.95 bits per heavy atom. The fraction of sp³-hybridized carbons (Fsp3) is 0.444. The summed E-state index contributed by atoms with van der Waals surface area (Å²) in [5, 5.41) is 11.7. The number of aromatic amines is 1. The van der Waals surface area contributed by atoms with E-state index in [-0.39, 0.29) is 23.1 Å². The summed E-state index contributed by atoms with van der Waals surface area (Å²) in [5.41, 5.74) is -2.54. The average Bonchev–Trinajstić information content (AvgIpc) is 3.24. The van der Waals surface area contributed by atoms with Gasteiger partial charge < -0.3 is 24.5 Å². The molecule has 3 aromatic rings. The van der Waals surface area contributed by atoms with E-state index in [1.807, 2.05) is 6.07 Å². The molecule has 1 saturated heterocycles. The van der Waals surface area contributed by atoms with E-state index >= 15 is 0 Å². The van der Waals surface area contributed by atoms with Crippen molar-refractivity contribution in [3.8, 4) is 5.75 Å². The summed E-state index contributed by atoms with van der Waals surface area (Å²) in [7, 11) is 1.36. The lowest BCUT2D eigenvalue weighted by molar-refractivity contribution is -0.266. The summed E-state index contributed by atoms with van der Waals surface area (Å²) < 4.78 is 67.9. The highest BCUT2D eigenvalue weighted by atomic mass is 19.4. The van der Waals surface area contributed by atoms with Crippen LogP contribution >= 0.6 is 0 Å². The average molecular weight is 523 g/mol. The van der Waals surface area contributed by atoms with E-state index in [9.17, 15) is 27.5 Å². The van der Waals surface area contributed by atoms with Crippen molar-refractivity contribution in [3.63, 3.8) is 0 Å². The quantitative estimate of drug-likeness (QED) is 0.321. The zero-order valence-electron chi connectivity index (χ0n) is 20.9. The third-order valence-corrected chi connectivity index (χ3v) is 6.95. The Balaban J connectivity index is 1.63. The molecule has 2 unspecified atom stereocenters. The van der Waals surface area contributed by atoms with Crippen molar-refractivity contribution in [3.05, 3.63) is 65.1 Å². The lowest BCUT2D eigenvalue weighted by atomic mass is 9.73. The molecular weight excluding hydrogens is 492 g/mol. The number of hydrogen-bond donors (Lipinski definition) is 2. The number of aliphatic hydroxyl groups is 1. The van der Waals surface area contributed by atoms with Gasteiger partial charge in [0.2, 0.25) is 6.41 Å². The number of nitrogens with zero attached hydrogens (tertiary/aromatic N) is 1. The van der Waals surface area contributed by atoms with Gasteiger partial charge in [-0.1, -0.05) is 19.9 Å². The van der Waals surface area contributed by atoms with E-state index in [2.05, 4.69) is 4.98 Å². The molecule has 0 aliphatic carbocycles. The predicted octanol–water partition coefficient (Wildman–Crippen LogP) is 5.05. The SMILES string of the molecule is COc1ccc(F)cc1C(C)(C)CC(O)(Cc1cc2cc(C3CN(C=O)CCO3)ccc2[nH]1)C(F)(F)F. The number of carbonyl (C=O) groups is 1. The topological polar surface area (TPSA) is 74.8 Å². The number of halogens is 4. The van der Waals surface area contributed by atoms with Gasteiger partial charge in [0, 0.05) is 35.1 Å². The van der Waals surface area contributed by atoms with Gasteiger partial charge in [-0.15, -0.1) is 0 Å².